The number of halogens is 1. The summed E-state index contributed by atoms with van der Waals surface area (Å²) in [7, 11) is -1.71. The molecule has 1 aromatic heterocycles. The third kappa shape index (κ3) is 3.75. The monoisotopic (exact) mass is 368 g/mol. The highest BCUT2D eigenvalue weighted by atomic mass is 35.5. The summed E-state index contributed by atoms with van der Waals surface area (Å²) < 4.78 is 27.1. The normalized spacial score (nSPS) is 18.3. The van der Waals surface area contributed by atoms with Crippen molar-refractivity contribution in [3.05, 3.63) is 42.7 Å². The number of sulfonamides is 1. The van der Waals surface area contributed by atoms with E-state index in [4.69, 9.17) is 0 Å². The molecule has 1 N–H and O–H groups in total. The second kappa shape index (κ2) is 8.02. The first-order valence-corrected chi connectivity index (χ1v) is 9.11. The Morgan fingerprint density at radius 3 is 2.50 bits per heavy atom. The van der Waals surface area contributed by atoms with Crippen LogP contribution in [-0.4, -0.2) is 48.9 Å². The van der Waals surface area contributed by atoms with Crippen LogP contribution in [0.25, 0.3) is 11.4 Å². The van der Waals surface area contributed by atoms with Gasteiger partial charge in [-0.05, 0) is 19.9 Å². The van der Waals surface area contributed by atoms with Gasteiger partial charge >= 0.3 is 0 Å². The highest BCUT2D eigenvalue weighted by molar-refractivity contribution is 7.89. The van der Waals surface area contributed by atoms with Crippen molar-refractivity contribution in [1.29, 1.82) is 0 Å². The molecule has 1 fully saturated rings. The van der Waals surface area contributed by atoms with Gasteiger partial charge in [0.2, 0.25) is 10.0 Å². The molecule has 2 aromatic rings. The summed E-state index contributed by atoms with van der Waals surface area (Å²) in [5.74, 6) is 0.526. The molecule has 0 radical (unpaired) electrons. The zero-order chi connectivity index (χ0) is 16.3. The molecule has 0 bridgehead atoms. The highest BCUT2D eigenvalue weighted by Gasteiger charge is 2.35. The maximum Gasteiger partial charge on any atom is 0.246 e. The number of hydrogen-bond acceptors (Lipinski definition) is 5. The predicted molar refractivity (Wildman–Crippen MR) is 95.6 cm³/mol. The van der Waals surface area contributed by atoms with Gasteiger partial charge < -0.3 is 5.32 Å². The van der Waals surface area contributed by atoms with Crippen LogP contribution in [0, 0.1) is 0 Å². The first-order chi connectivity index (χ1) is 11.1. The fourth-order valence-electron chi connectivity index (χ4n) is 2.89. The summed E-state index contributed by atoms with van der Waals surface area (Å²) in [5.41, 5.74) is 0.866. The molecule has 0 saturated carbocycles. The van der Waals surface area contributed by atoms with E-state index in [0.717, 1.165) is 18.4 Å². The molecule has 1 aliphatic heterocycles. The molecule has 24 heavy (non-hydrogen) atoms. The average Bonchev–Trinajstić information content (AvgIpc) is 3.05. The van der Waals surface area contributed by atoms with Crippen molar-refractivity contribution in [3.63, 3.8) is 0 Å². The van der Waals surface area contributed by atoms with E-state index in [1.165, 1.54) is 12.4 Å². The molecule has 3 rings (SSSR count). The third-order valence-corrected chi connectivity index (χ3v) is 5.93. The van der Waals surface area contributed by atoms with Gasteiger partial charge in [0.15, 0.2) is 5.82 Å². The summed E-state index contributed by atoms with van der Waals surface area (Å²) in [6, 6.07) is 9.50. The summed E-state index contributed by atoms with van der Waals surface area (Å²) >= 11 is 0. The summed E-state index contributed by atoms with van der Waals surface area (Å²) in [6.45, 7) is 1.21. The number of likely N-dealkylation sites (N-methyl/N-ethyl adjacent to an activating group) is 1. The fraction of sp³-hybridized carbons (Fsp3) is 0.375. The van der Waals surface area contributed by atoms with Crippen molar-refractivity contribution in [2.45, 2.75) is 23.8 Å². The van der Waals surface area contributed by atoms with Gasteiger partial charge in [0.05, 0.1) is 12.4 Å². The van der Waals surface area contributed by atoms with Crippen LogP contribution in [0.2, 0.25) is 0 Å². The molecule has 1 aromatic carbocycles. The maximum atomic E-state index is 12.8. The van der Waals surface area contributed by atoms with Gasteiger partial charge in [-0.15, -0.1) is 12.4 Å². The number of aromatic nitrogens is 2. The lowest BCUT2D eigenvalue weighted by Crippen LogP contribution is -2.40. The van der Waals surface area contributed by atoms with E-state index in [1.54, 1.807) is 4.31 Å². The van der Waals surface area contributed by atoms with Crippen LogP contribution >= 0.6 is 12.4 Å². The minimum Gasteiger partial charge on any atom is -0.318 e. The Balaban J connectivity index is 0.00000208. The lowest BCUT2D eigenvalue weighted by Gasteiger charge is -2.23. The molecule has 1 aliphatic rings. The molecule has 2 heterocycles. The van der Waals surface area contributed by atoms with E-state index in [0.29, 0.717) is 18.9 Å². The van der Waals surface area contributed by atoms with Gasteiger partial charge in [-0.25, -0.2) is 18.4 Å². The first kappa shape index (κ1) is 18.8. The number of nitrogens with zero attached hydrogens (tertiary/aromatic N) is 3. The molecule has 1 unspecified atom stereocenters. The Hall–Kier alpha value is -1.54. The molecule has 6 nitrogen and oxygen atoms in total. The van der Waals surface area contributed by atoms with E-state index < -0.39 is 10.0 Å². The molecule has 0 amide bonds. The van der Waals surface area contributed by atoms with E-state index in [1.807, 2.05) is 37.4 Å². The van der Waals surface area contributed by atoms with Gasteiger partial charge in [0, 0.05) is 24.7 Å². The van der Waals surface area contributed by atoms with E-state index in [9.17, 15) is 8.42 Å². The molecule has 0 aliphatic carbocycles. The van der Waals surface area contributed by atoms with Crippen molar-refractivity contribution >= 4 is 22.4 Å². The molecule has 1 saturated heterocycles. The third-order valence-electron chi connectivity index (χ3n) is 4.03. The van der Waals surface area contributed by atoms with Crippen molar-refractivity contribution in [2.75, 3.05) is 20.1 Å². The maximum absolute atomic E-state index is 12.8. The number of nitrogens with one attached hydrogen (secondary N) is 1. The van der Waals surface area contributed by atoms with Crippen LogP contribution in [0.3, 0.4) is 0 Å². The molecule has 130 valence electrons. The Morgan fingerprint density at radius 1 is 1.21 bits per heavy atom. The first-order valence-electron chi connectivity index (χ1n) is 7.67. The molecular weight excluding hydrogens is 348 g/mol. The zero-order valence-corrected chi connectivity index (χ0v) is 15.1. The molecule has 1 atom stereocenters. The number of hydrogen-bond donors (Lipinski definition) is 1. The van der Waals surface area contributed by atoms with Crippen molar-refractivity contribution in [3.8, 4) is 11.4 Å². The Kier molecular flexibility index (Phi) is 6.28. The van der Waals surface area contributed by atoms with Crippen LogP contribution in [0.1, 0.15) is 12.8 Å². The number of rotatable bonds is 5. The second-order valence-corrected chi connectivity index (χ2v) is 7.47. The minimum absolute atomic E-state index is 0. The van der Waals surface area contributed by atoms with Gasteiger partial charge in [0.1, 0.15) is 4.90 Å². The largest absolute Gasteiger partial charge is 0.318 e. The van der Waals surface area contributed by atoms with Crippen molar-refractivity contribution in [1.82, 2.24) is 19.6 Å². The quantitative estimate of drug-likeness (QED) is 0.872. The van der Waals surface area contributed by atoms with Crippen LogP contribution in [0.4, 0.5) is 0 Å². The average molecular weight is 369 g/mol. The lowest BCUT2D eigenvalue weighted by atomic mass is 10.2. The number of benzene rings is 1. The zero-order valence-electron chi connectivity index (χ0n) is 13.4. The van der Waals surface area contributed by atoms with E-state index >= 15 is 0 Å². The SMILES string of the molecule is CNCC1CCCN1S(=O)(=O)c1cnc(-c2ccccc2)nc1.Cl. The summed E-state index contributed by atoms with van der Waals surface area (Å²) in [5, 5.41) is 3.06. The van der Waals surface area contributed by atoms with Crippen LogP contribution in [-0.2, 0) is 10.0 Å². The second-order valence-electron chi connectivity index (χ2n) is 5.58. The Morgan fingerprint density at radius 2 is 1.88 bits per heavy atom. The Labute approximate surface area is 148 Å². The van der Waals surface area contributed by atoms with Crippen molar-refractivity contribution in [2.24, 2.45) is 0 Å². The van der Waals surface area contributed by atoms with Crippen molar-refractivity contribution < 1.29 is 8.42 Å². The standard InChI is InChI=1S/C16H20N4O2S.ClH/c1-17-10-14-8-5-9-20(14)23(21,22)15-11-18-16(19-12-15)13-6-3-2-4-7-13;/h2-4,6-7,11-12,14,17H,5,8-10H2,1H3;1H. The van der Waals surface area contributed by atoms with Crippen LogP contribution in [0.5, 0.6) is 0 Å². The van der Waals surface area contributed by atoms with Gasteiger partial charge in [-0.1, -0.05) is 30.3 Å². The van der Waals surface area contributed by atoms with Gasteiger partial charge in [-0.3, -0.25) is 0 Å². The Bertz CT molecular complexity index is 753. The van der Waals surface area contributed by atoms with Gasteiger partial charge in [-0.2, -0.15) is 4.31 Å². The lowest BCUT2D eigenvalue weighted by molar-refractivity contribution is 0.379. The predicted octanol–water partition coefficient (Wildman–Crippen LogP) is 1.94. The molecule has 0 spiro atoms. The van der Waals surface area contributed by atoms with Gasteiger partial charge in [0.25, 0.3) is 0 Å². The smallest absolute Gasteiger partial charge is 0.246 e. The fourth-order valence-corrected chi connectivity index (χ4v) is 4.47. The summed E-state index contributed by atoms with van der Waals surface area (Å²) in [6.07, 6.45) is 4.57. The minimum atomic E-state index is -3.54. The summed E-state index contributed by atoms with van der Waals surface area (Å²) in [4.78, 5) is 8.60. The van der Waals surface area contributed by atoms with Crippen LogP contribution < -0.4 is 5.32 Å². The topological polar surface area (TPSA) is 75.2 Å². The van der Waals surface area contributed by atoms with E-state index in [2.05, 4.69) is 15.3 Å². The molecule has 8 heteroatoms. The van der Waals surface area contributed by atoms with Crippen LogP contribution in [0.15, 0.2) is 47.6 Å². The highest BCUT2D eigenvalue weighted by Crippen LogP contribution is 2.25. The van der Waals surface area contributed by atoms with E-state index in [-0.39, 0.29) is 23.3 Å². The molecular formula is C16H21ClN4O2S.